The van der Waals surface area contributed by atoms with E-state index in [4.69, 9.17) is 4.74 Å². The molecule has 0 saturated carbocycles. The molecule has 0 atom stereocenters. The lowest BCUT2D eigenvalue weighted by Crippen LogP contribution is -2.43. The van der Waals surface area contributed by atoms with Crippen LogP contribution in [0, 0.1) is 0 Å². The lowest BCUT2D eigenvalue weighted by atomic mass is 9.99. The maximum Gasteiger partial charge on any atom is 0.271 e. The lowest BCUT2D eigenvalue weighted by Gasteiger charge is -2.28. The van der Waals surface area contributed by atoms with Crippen LogP contribution in [0.2, 0.25) is 0 Å². The highest BCUT2D eigenvalue weighted by atomic mass is 16.5. The van der Waals surface area contributed by atoms with Crippen molar-refractivity contribution in [1.82, 2.24) is 15.6 Å². The van der Waals surface area contributed by atoms with E-state index < -0.39 is 0 Å². The number of hydrogen-bond acceptors (Lipinski definition) is 5. The van der Waals surface area contributed by atoms with E-state index in [1.54, 1.807) is 30.5 Å². The largest absolute Gasteiger partial charge is 0.484 e. The van der Waals surface area contributed by atoms with Crippen molar-refractivity contribution in [2.75, 3.05) is 13.2 Å². The molecule has 2 amide bonds. The number of benzene rings is 3. The van der Waals surface area contributed by atoms with Gasteiger partial charge in [0.1, 0.15) is 5.75 Å². The highest BCUT2D eigenvalue weighted by Gasteiger charge is 2.16. The van der Waals surface area contributed by atoms with E-state index in [-0.39, 0.29) is 24.0 Å². The highest BCUT2D eigenvalue weighted by Crippen LogP contribution is 2.20. The van der Waals surface area contributed by atoms with Crippen molar-refractivity contribution in [3.05, 3.63) is 101 Å². The van der Waals surface area contributed by atoms with Crippen LogP contribution in [-0.4, -0.2) is 41.6 Å². The molecule has 1 aliphatic heterocycles. The van der Waals surface area contributed by atoms with Gasteiger partial charge in [0.05, 0.1) is 6.21 Å². The average molecular weight is 499 g/mol. The fraction of sp³-hybridized carbons (Fsp3) is 0.300. The Morgan fingerprint density at radius 2 is 1.68 bits per heavy atom. The van der Waals surface area contributed by atoms with Crippen molar-refractivity contribution in [3.63, 3.8) is 0 Å². The number of amides is 2. The van der Waals surface area contributed by atoms with Crippen molar-refractivity contribution in [2.45, 2.75) is 45.8 Å². The van der Waals surface area contributed by atoms with Crippen LogP contribution in [0.5, 0.6) is 5.75 Å². The molecule has 0 saturated heterocycles. The van der Waals surface area contributed by atoms with Gasteiger partial charge in [0.2, 0.25) is 0 Å². The van der Waals surface area contributed by atoms with Crippen molar-refractivity contribution in [1.29, 1.82) is 0 Å². The summed E-state index contributed by atoms with van der Waals surface area (Å²) >= 11 is 0. The molecule has 3 aromatic rings. The predicted octanol–water partition coefficient (Wildman–Crippen LogP) is 4.30. The standard InChI is InChI=1S/C30H34N4O3/c1-30(2,3)32-28(35)21-37-27-14-10-22(11-15-27)18-31-33-29(36)25-12-8-23(9-13-25)19-34-17-16-24-6-4-5-7-26(24)20-34/h4-15,18H,16-17,19-21H2,1-3H3,(H,32,35)(H,33,36)/b31-18-. The quantitative estimate of drug-likeness (QED) is 0.358. The second-order valence-corrected chi connectivity index (χ2v) is 10.3. The van der Waals surface area contributed by atoms with Crippen LogP contribution in [0.1, 0.15) is 53.4 Å². The lowest BCUT2D eigenvalue weighted by molar-refractivity contribution is -0.124. The van der Waals surface area contributed by atoms with Crippen LogP contribution < -0.4 is 15.5 Å². The molecule has 0 unspecified atom stereocenters. The molecule has 7 nitrogen and oxygen atoms in total. The molecule has 37 heavy (non-hydrogen) atoms. The van der Waals surface area contributed by atoms with E-state index in [9.17, 15) is 9.59 Å². The molecule has 0 aliphatic carbocycles. The molecule has 0 fully saturated rings. The molecule has 7 heteroatoms. The minimum absolute atomic E-state index is 0.0501. The number of nitrogens with zero attached hydrogens (tertiary/aromatic N) is 2. The monoisotopic (exact) mass is 498 g/mol. The van der Waals surface area contributed by atoms with Crippen LogP contribution in [0.4, 0.5) is 0 Å². The van der Waals surface area contributed by atoms with Crippen molar-refractivity contribution in [3.8, 4) is 5.75 Å². The number of hydrogen-bond donors (Lipinski definition) is 2. The summed E-state index contributed by atoms with van der Waals surface area (Å²) in [5.41, 5.74) is 7.64. The normalized spacial score (nSPS) is 13.7. The van der Waals surface area contributed by atoms with E-state index in [2.05, 4.69) is 45.0 Å². The smallest absolute Gasteiger partial charge is 0.271 e. The molecule has 2 N–H and O–H groups in total. The summed E-state index contributed by atoms with van der Waals surface area (Å²) in [4.78, 5) is 26.8. The van der Waals surface area contributed by atoms with Gasteiger partial charge in [-0.2, -0.15) is 5.10 Å². The van der Waals surface area contributed by atoms with Gasteiger partial charge in [-0.05, 0) is 85.8 Å². The van der Waals surface area contributed by atoms with Crippen molar-refractivity contribution < 1.29 is 14.3 Å². The van der Waals surface area contributed by atoms with E-state index in [0.717, 1.165) is 31.6 Å². The van der Waals surface area contributed by atoms with Gasteiger partial charge >= 0.3 is 0 Å². The van der Waals surface area contributed by atoms with Gasteiger partial charge in [-0.1, -0.05) is 36.4 Å². The second kappa shape index (κ2) is 11.8. The molecule has 3 aromatic carbocycles. The number of hydrazone groups is 1. The molecule has 0 spiro atoms. The second-order valence-electron chi connectivity index (χ2n) is 10.3. The zero-order valence-corrected chi connectivity index (χ0v) is 21.7. The third kappa shape index (κ3) is 8.02. The fourth-order valence-electron chi connectivity index (χ4n) is 4.19. The Morgan fingerprint density at radius 1 is 0.973 bits per heavy atom. The minimum Gasteiger partial charge on any atom is -0.484 e. The summed E-state index contributed by atoms with van der Waals surface area (Å²) in [6.45, 7) is 8.55. The van der Waals surface area contributed by atoms with Crippen LogP contribution in [0.25, 0.3) is 0 Å². The highest BCUT2D eigenvalue weighted by molar-refractivity contribution is 5.94. The number of ether oxygens (including phenoxy) is 1. The molecular formula is C30H34N4O3. The summed E-state index contributed by atoms with van der Waals surface area (Å²) in [7, 11) is 0. The summed E-state index contributed by atoms with van der Waals surface area (Å²) < 4.78 is 5.51. The third-order valence-electron chi connectivity index (χ3n) is 5.98. The van der Waals surface area contributed by atoms with Gasteiger partial charge in [0, 0.05) is 30.7 Å². The minimum atomic E-state index is -0.298. The van der Waals surface area contributed by atoms with Crippen molar-refractivity contribution in [2.24, 2.45) is 5.10 Å². The van der Waals surface area contributed by atoms with E-state index in [1.807, 2.05) is 45.0 Å². The Kier molecular flexibility index (Phi) is 8.36. The molecule has 192 valence electrons. The number of fused-ring (bicyclic) bond motifs is 1. The SMILES string of the molecule is CC(C)(C)NC(=O)COc1ccc(/C=N\NC(=O)c2ccc(CN3CCc4ccccc4C3)cc2)cc1. The fourth-order valence-corrected chi connectivity index (χ4v) is 4.19. The van der Waals surface area contributed by atoms with Gasteiger partial charge in [-0.25, -0.2) is 5.43 Å². The molecular weight excluding hydrogens is 464 g/mol. The van der Waals surface area contributed by atoms with Gasteiger partial charge < -0.3 is 10.1 Å². The Bertz CT molecular complexity index is 1250. The topological polar surface area (TPSA) is 83.0 Å². The number of carbonyl (C=O) groups is 2. The van der Waals surface area contributed by atoms with E-state index in [1.165, 1.54) is 16.7 Å². The zero-order valence-electron chi connectivity index (χ0n) is 21.7. The molecule has 0 radical (unpaired) electrons. The summed E-state index contributed by atoms with van der Waals surface area (Å²) in [5.74, 6) is 0.143. The Hall–Kier alpha value is -3.97. The maximum atomic E-state index is 12.5. The summed E-state index contributed by atoms with van der Waals surface area (Å²) in [5, 5.41) is 6.91. The Labute approximate surface area is 218 Å². The predicted molar refractivity (Wildman–Crippen MR) is 146 cm³/mol. The van der Waals surface area contributed by atoms with Gasteiger partial charge in [0.25, 0.3) is 11.8 Å². The first kappa shape index (κ1) is 26.1. The number of carbonyl (C=O) groups excluding carboxylic acids is 2. The van der Waals surface area contributed by atoms with Crippen LogP contribution >= 0.6 is 0 Å². The van der Waals surface area contributed by atoms with Crippen LogP contribution in [0.15, 0.2) is 77.9 Å². The zero-order chi connectivity index (χ0) is 26.3. The molecule has 0 aromatic heterocycles. The first-order valence-electron chi connectivity index (χ1n) is 12.5. The van der Waals surface area contributed by atoms with E-state index in [0.29, 0.717) is 11.3 Å². The maximum absolute atomic E-state index is 12.5. The van der Waals surface area contributed by atoms with Gasteiger partial charge in [0.15, 0.2) is 6.61 Å². The van der Waals surface area contributed by atoms with E-state index >= 15 is 0 Å². The molecule has 4 rings (SSSR count). The molecule has 0 bridgehead atoms. The van der Waals surface area contributed by atoms with Gasteiger partial charge in [-0.15, -0.1) is 0 Å². The first-order valence-corrected chi connectivity index (χ1v) is 12.5. The molecule has 1 heterocycles. The van der Waals surface area contributed by atoms with Gasteiger partial charge in [-0.3, -0.25) is 14.5 Å². The Morgan fingerprint density at radius 3 is 2.38 bits per heavy atom. The number of rotatable bonds is 8. The van der Waals surface area contributed by atoms with Crippen LogP contribution in [0.3, 0.4) is 0 Å². The average Bonchev–Trinajstić information content (AvgIpc) is 2.87. The van der Waals surface area contributed by atoms with Crippen molar-refractivity contribution >= 4 is 18.0 Å². The summed E-state index contributed by atoms with van der Waals surface area (Å²) in [6, 6.07) is 23.4. The number of nitrogens with one attached hydrogen (secondary N) is 2. The first-order chi connectivity index (χ1) is 17.7. The third-order valence-corrected chi connectivity index (χ3v) is 5.98. The van der Waals surface area contributed by atoms with Crippen LogP contribution in [-0.2, 0) is 24.3 Å². The molecule has 1 aliphatic rings. The summed E-state index contributed by atoms with van der Waals surface area (Å²) in [6.07, 6.45) is 2.63. The Balaban J connectivity index is 1.22.